The normalized spacial score (nSPS) is 14.0. The van der Waals surface area contributed by atoms with E-state index in [9.17, 15) is 4.79 Å². The maximum atomic E-state index is 12.6. The molecule has 0 radical (unpaired) electrons. The van der Waals surface area contributed by atoms with Gasteiger partial charge in [0, 0.05) is 49.0 Å². The number of hydrogen-bond acceptors (Lipinski definition) is 4. The average Bonchev–Trinajstić information content (AvgIpc) is 3.30. The van der Waals surface area contributed by atoms with Gasteiger partial charge in [0.15, 0.2) is 5.65 Å². The molecule has 1 aliphatic heterocycles. The van der Waals surface area contributed by atoms with Crippen molar-refractivity contribution in [1.82, 2.24) is 14.8 Å². The Balaban J connectivity index is 1.45. The number of carbonyl (C=O) groups excluding carboxylic acids is 1. The van der Waals surface area contributed by atoms with Crippen LogP contribution in [0.3, 0.4) is 0 Å². The number of aromatic nitrogens is 3. The van der Waals surface area contributed by atoms with E-state index >= 15 is 0 Å². The quantitative estimate of drug-likeness (QED) is 0.684. The number of fused-ring (bicyclic) bond motifs is 1. The molecule has 1 N–H and O–H groups in total. The van der Waals surface area contributed by atoms with Crippen LogP contribution in [-0.4, -0.2) is 33.8 Å². The van der Waals surface area contributed by atoms with Gasteiger partial charge >= 0.3 is 0 Å². The van der Waals surface area contributed by atoms with Crippen molar-refractivity contribution in [1.29, 1.82) is 0 Å². The zero-order chi connectivity index (χ0) is 21.4. The fourth-order valence-electron chi connectivity index (χ4n) is 4.74. The van der Waals surface area contributed by atoms with Crippen molar-refractivity contribution in [2.24, 2.45) is 7.05 Å². The molecule has 6 heteroatoms. The second-order valence-corrected chi connectivity index (χ2v) is 8.45. The Morgan fingerprint density at radius 3 is 2.53 bits per heavy atom. The van der Waals surface area contributed by atoms with Gasteiger partial charge in [0.25, 0.3) is 0 Å². The summed E-state index contributed by atoms with van der Waals surface area (Å²) in [4.78, 5) is 19.8. The highest BCUT2D eigenvalue weighted by Crippen LogP contribution is 2.28. The summed E-state index contributed by atoms with van der Waals surface area (Å²) in [6.45, 7) is 10.5. The smallest absolute Gasteiger partial charge is 0.224 e. The van der Waals surface area contributed by atoms with Crippen LogP contribution >= 0.6 is 0 Å². The molecule has 1 aliphatic rings. The minimum Gasteiger partial charge on any atom is -0.371 e. The lowest BCUT2D eigenvalue weighted by atomic mass is 9.99. The first-order chi connectivity index (χ1) is 14.3. The molecule has 1 aromatic carbocycles. The number of hydrogen-bond donors (Lipinski definition) is 1. The highest BCUT2D eigenvalue weighted by Gasteiger charge is 2.17. The van der Waals surface area contributed by atoms with Crippen LogP contribution in [0.4, 0.5) is 11.4 Å². The van der Waals surface area contributed by atoms with Crippen molar-refractivity contribution in [3.63, 3.8) is 0 Å². The molecule has 158 valence electrons. The number of aryl methyl sites for hydroxylation is 5. The lowest BCUT2D eigenvalue weighted by molar-refractivity contribution is -0.116. The van der Waals surface area contributed by atoms with Gasteiger partial charge in [-0.05, 0) is 81.8 Å². The third-order valence-electron chi connectivity index (χ3n) is 6.26. The van der Waals surface area contributed by atoms with Gasteiger partial charge in [-0.25, -0.2) is 4.98 Å². The maximum Gasteiger partial charge on any atom is 0.224 e. The Labute approximate surface area is 178 Å². The van der Waals surface area contributed by atoms with Crippen LogP contribution in [0.25, 0.3) is 11.0 Å². The van der Waals surface area contributed by atoms with Crippen molar-refractivity contribution < 1.29 is 4.79 Å². The van der Waals surface area contributed by atoms with Crippen molar-refractivity contribution in [3.8, 4) is 0 Å². The number of rotatable bonds is 5. The highest BCUT2D eigenvalue weighted by molar-refractivity contribution is 5.91. The van der Waals surface area contributed by atoms with E-state index < -0.39 is 0 Å². The Morgan fingerprint density at radius 1 is 1.10 bits per heavy atom. The summed E-state index contributed by atoms with van der Waals surface area (Å²) in [6, 6.07) is 6.23. The minimum atomic E-state index is 0.0325. The molecule has 1 amide bonds. The second kappa shape index (κ2) is 8.09. The van der Waals surface area contributed by atoms with E-state index in [-0.39, 0.29) is 5.91 Å². The number of nitrogens with zero attached hydrogens (tertiary/aromatic N) is 4. The molecule has 3 aromatic rings. The van der Waals surface area contributed by atoms with Crippen LogP contribution in [0.2, 0.25) is 0 Å². The predicted molar refractivity (Wildman–Crippen MR) is 122 cm³/mol. The highest BCUT2D eigenvalue weighted by atomic mass is 16.1. The summed E-state index contributed by atoms with van der Waals surface area (Å²) in [5, 5.41) is 8.67. The number of benzene rings is 1. The molecule has 0 unspecified atom stereocenters. The first-order valence-electron chi connectivity index (χ1n) is 10.8. The van der Waals surface area contributed by atoms with E-state index in [1.165, 1.54) is 29.7 Å². The molecule has 30 heavy (non-hydrogen) atoms. The van der Waals surface area contributed by atoms with Gasteiger partial charge in [-0.3, -0.25) is 9.48 Å². The Kier molecular flexibility index (Phi) is 5.50. The van der Waals surface area contributed by atoms with E-state index in [0.717, 1.165) is 46.8 Å². The SMILES string of the molecule is Cc1cc(NC(=O)CCc2c(C)nc3c(c(C)nn3C)c2C)ccc1N1CCCC1. The zero-order valence-corrected chi connectivity index (χ0v) is 18.7. The molecule has 4 rings (SSSR count). The number of amides is 1. The summed E-state index contributed by atoms with van der Waals surface area (Å²) in [5.41, 5.74) is 8.55. The molecular formula is C24H31N5O. The first-order valence-corrected chi connectivity index (χ1v) is 10.8. The van der Waals surface area contributed by atoms with Crippen LogP contribution in [0, 0.1) is 27.7 Å². The summed E-state index contributed by atoms with van der Waals surface area (Å²) in [7, 11) is 1.92. The molecule has 1 fully saturated rings. The number of pyridine rings is 1. The van der Waals surface area contributed by atoms with E-state index in [1.807, 2.05) is 31.6 Å². The fraction of sp³-hybridized carbons (Fsp3) is 0.458. The van der Waals surface area contributed by atoms with Gasteiger partial charge in [0.05, 0.1) is 5.69 Å². The number of anilines is 2. The Bertz CT molecular complexity index is 1110. The standard InChI is InChI=1S/C24H31N5O/c1-15-14-19(8-10-21(15)29-12-6-7-13-29)26-22(30)11-9-20-16(2)23-18(4)27-28(5)24(23)25-17(20)3/h8,10,14H,6-7,9,11-13H2,1-5H3,(H,26,30). The van der Waals surface area contributed by atoms with Gasteiger partial charge in [-0.2, -0.15) is 5.10 Å². The van der Waals surface area contributed by atoms with Crippen LogP contribution < -0.4 is 10.2 Å². The maximum absolute atomic E-state index is 12.6. The van der Waals surface area contributed by atoms with E-state index in [0.29, 0.717) is 12.8 Å². The fourth-order valence-corrected chi connectivity index (χ4v) is 4.74. The average molecular weight is 406 g/mol. The zero-order valence-electron chi connectivity index (χ0n) is 18.7. The summed E-state index contributed by atoms with van der Waals surface area (Å²) >= 11 is 0. The lowest BCUT2D eigenvalue weighted by Crippen LogP contribution is -2.19. The minimum absolute atomic E-state index is 0.0325. The van der Waals surface area contributed by atoms with Gasteiger partial charge in [0.2, 0.25) is 5.91 Å². The van der Waals surface area contributed by atoms with E-state index in [4.69, 9.17) is 4.98 Å². The summed E-state index contributed by atoms with van der Waals surface area (Å²) in [6.07, 6.45) is 3.62. The van der Waals surface area contributed by atoms with Gasteiger partial charge in [0.1, 0.15) is 0 Å². The first kappa shape index (κ1) is 20.4. The van der Waals surface area contributed by atoms with Crippen LogP contribution in [0.1, 0.15) is 47.3 Å². The third-order valence-corrected chi connectivity index (χ3v) is 6.26. The molecule has 2 aromatic heterocycles. The molecule has 0 saturated carbocycles. The van der Waals surface area contributed by atoms with Crippen LogP contribution in [0.15, 0.2) is 18.2 Å². The van der Waals surface area contributed by atoms with Crippen molar-refractivity contribution in [2.45, 2.75) is 53.4 Å². The molecule has 3 heterocycles. The summed E-state index contributed by atoms with van der Waals surface area (Å²) in [5.74, 6) is 0.0325. The van der Waals surface area contributed by atoms with Gasteiger partial charge in [-0.15, -0.1) is 0 Å². The molecular weight excluding hydrogens is 374 g/mol. The monoisotopic (exact) mass is 405 g/mol. The number of nitrogens with one attached hydrogen (secondary N) is 1. The van der Waals surface area contributed by atoms with E-state index in [1.54, 1.807) is 0 Å². The molecule has 6 nitrogen and oxygen atoms in total. The largest absolute Gasteiger partial charge is 0.371 e. The van der Waals surface area contributed by atoms with Gasteiger partial charge < -0.3 is 10.2 Å². The summed E-state index contributed by atoms with van der Waals surface area (Å²) < 4.78 is 1.83. The molecule has 1 saturated heterocycles. The lowest BCUT2D eigenvalue weighted by Gasteiger charge is -2.20. The predicted octanol–water partition coefficient (Wildman–Crippen LogP) is 4.37. The van der Waals surface area contributed by atoms with Crippen molar-refractivity contribution in [2.75, 3.05) is 23.3 Å². The van der Waals surface area contributed by atoms with Crippen molar-refractivity contribution >= 4 is 28.3 Å². The van der Waals surface area contributed by atoms with Crippen molar-refractivity contribution in [3.05, 3.63) is 46.3 Å². The molecule has 0 spiro atoms. The second-order valence-electron chi connectivity index (χ2n) is 8.45. The Hall–Kier alpha value is -2.89. The number of carbonyl (C=O) groups is 1. The van der Waals surface area contributed by atoms with E-state index in [2.05, 4.69) is 41.3 Å². The molecule has 0 atom stereocenters. The topological polar surface area (TPSA) is 63.1 Å². The van der Waals surface area contributed by atoms with Crippen LogP contribution in [-0.2, 0) is 18.3 Å². The Morgan fingerprint density at radius 2 is 1.83 bits per heavy atom. The molecule has 0 aliphatic carbocycles. The third kappa shape index (κ3) is 3.78. The van der Waals surface area contributed by atoms with Crippen LogP contribution in [0.5, 0.6) is 0 Å². The molecule has 0 bridgehead atoms. The van der Waals surface area contributed by atoms with Gasteiger partial charge in [-0.1, -0.05) is 0 Å².